The fourth-order valence-corrected chi connectivity index (χ4v) is 6.28. The number of benzene rings is 2. The van der Waals surface area contributed by atoms with Crippen LogP contribution in [0.25, 0.3) is 10.2 Å². The van der Waals surface area contributed by atoms with Crippen molar-refractivity contribution in [3.8, 4) is 0 Å². The first-order valence-corrected chi connectivity index (χ1v) is 13.2. The second kappa shape index (κ2) is 9.86. The molecule has 0 saturated carbocycles. The summed E-state index contributed by atoms with van der Waals surface area (Å²) in [5.74, 6) is 0.617. The zero-order valence-corrected chi connectivity index (χ0v) is 20.8. The lowest BCUT2D eigenvalue weighted by atomic mass is 9.96. The minimum Gasteiger partial charge on any atom is -0.372 e. The quantitative estimate of drug-likeness (QED) is 0.192. The van der Waals surface area contributed by atoms with Crippen LogP contribution in [-0.2, 0) is 24.3 Å². The van der Waals surface area contributed by atoms with Gasteiger partial charge in [0.25, 0.3) is 5.56 Å². The topological polar surface area (TPSA) is 61.2 Å². The Kier molecular flexibility index (Phi) is 6.68. The third kappa shape index (κ3) is 4.60. The van der Waals surface area contributed by atoms with Crippen molar-refractivity contribution in [1.29, 1.82) is 0 Å². The van der Waals surface area contributed by atoms with E-state index in [1.54, 1.807) is 4.57 Å². The molecular weight excluding hydrogens is 464 g/mol. The van der Waals surface area contributed by atoms with E-state index in [4.69, 9.17) is 9.72 Å². The molecule has 0 bridgehead atoms. The molecule has 1 atom stereocenters. The predicted octanol–water partition coefficient (Wildman–Crippen LogP) is 5.58. The van der Waals surface area contributed by atoms with E-state index in [0.717, 1.165) is 27.3 Å². The van der Waals surface area contributed by atoms with Gasteiger partial charge in [-0.2, -0.15) is 0 Å². The van der Waals surface area contributed by atoms with Crippen LogP contribution in [0.2, 0.25) is 0 Å². The molecule has 2 aromatic heterocycles. The number of carbonyl (C=O) groups excluding carboxylic acids is 1. The molecule has 1 aliphatic heterocycles. The standard InChI is InChI=1S/C27H26N2O3S2/c1-17(2)22-13-20-23(15-32-22)34-25-24(20)26(31)29(14-18-9-5-3-6-10-18)27(28-25)33-16-21(30)19-11-7-4-8-12-19/h3-12,17,22H,13-16H2,1-2H3/t22-/m1/s1. The van der Waals surface area contributed by atoms with Gasteiger partial charge in [-0.1, -0.05) is 86.3 Å². The van der Waals surface area contributed by atoms with E-state index in [2.05, 4.69) is 13.8 Å². The van der Waals surface area contributed by atoms with Gasteiger partial charge in [-0.3, -0.25) is 14.2 Å². The number of hydrogen-bond acceptors (Lipinski definition) is 6. The molecule has 0 amide bonds. The van der Waals surface area contributed by atoms with Crippen molar-refractivity contribution in [1.82, 2.24) is 9.55 Å². The van der Waals surface area contributed by atoms with Gasteiger partial charge in [0, 0.05) is 16.9 Å². The number of rotatable bonds is 7. The Bertz CT molecular complexity index is 1380. The lowest BCUT2D eigenvalue weighted by Gasteiger charge is -2.26. The second-order valence-corrected chi connectivity index (χ2v) is 10.9. The Balaban J connectivity index is 1.56. The summed E-state index contributed by atoms with van der Waals surface area (Å²) in [5, 5.41) is 1.29. The average molecular weight is 491 g/mol. The highest BCUT2D eigenvalue weighted by Crippen LogP contribution is 2.36. The van der Waals surface area contributed by atoms with Crippen LogP contribution in [0, 0.1) is 5.92 Å². The van der Waals surface area contributed by atoms with E-state index >= 15 is 0 Å². The summed E-state index contributed by atoms with van der Waals surface area (Å²) in [5.41, 5.74) is 2.73. The van der Waals surface area contributed by atoms with Gasteiger partial charge in [-0.15, -0.1) is 11.3 Å². The van der Waals surface area contributed by atoms with Crippen LogP contribution in [0.5, 0.6) is 0 Å². The van der Waals surface area contributed by atoms with Gasteiger partial charge in [0.1, 0.15) is 4.83 Å². The number of fused-ring (bicyclic) bond motifs is 3. The molecule has 174 valence electrons. The minimum absolute atomic E-state index is 0.0184. The van der Waals surface area contributed by atoms with Crippen LogP contribution >= 0.6 is 23.1 Å². The molecule has 0 saturated heterocycles. The van der Waals surface area contributed by atoms with Crippen LogP contribution in [0.15, 0.2) is 70.6 Å². The number of Topliss-reactive ketones (excluding diaryl/α,β-unsaturated/α-hetero) is 1. The van der Waals surface area contributed by atoms with Crippen molar-refractivity contribution in [3.63, 3.8) is 0 Å². The molecule has 0 N–H and O–H groups in total. The Morgan fingerprint density at radius 2 is 1.85 bits per heavy atom. The molecule has 3 heterocycles. The third-order valence-electron chi connectivity index (χ3n) is 6.15. The molecule has 1 aliphatic rings. The Morgan fingerprint density at radius 3 is 2.56 bits per heavy atom. The highest BCUT2D eigenvalue weighted by atomic mass is 32.2. The van der Waals surface area contributed by atoms with Crippen molar-refractivity contribution in [2.24, 2.45) is 5.92 Å². The normalized spacial score (nSPS) is 15.6. The first-order valence-electron chi connectivity index (χ1n) is 11.4. The van der Waals surface area contributed by atoms with Crippen molar-refractivity contribution in [3.05, 3.63) is 92.6 Å². The molecule has 4 aromatic rings. The third-order valence-corrected chi connectivity index (χ3v) is 8.22. The van der Waals surface area contributed by atoms with Gasteiger partial charge in [-0.05, 0) is 17.0 Å². The number of thioether (sulfide) groups is 1. The van der Waals surface area contributed by atoms with E-state index in [0.29, 0.717) is 35.2 Å². The van der Waals surface area contributed by atoms with E-state index in [9.17, 15) is 9.59 Å². The van der Waals surface area contributed by atoms with Crippen LogP contribution in [0.1, 0.15) is 40.2 Å². The van der Waals surface area contributed by atoms with Crippen LogP contribution in [-0.4, -0.2) is 27.2 Å². The molecular formula is C27H26N2O3S2. The zero-order valence-electron chi connectivity index (χ0n) is 19.2. The predicted molar refractivity (Wildman–Crippen MR) is 138 cm³/mol. The van der Waals surface area contributed by atoms with Crippen molar-refractivity contribution >= 4 is 39.1 Å². The lowest BCUT2D eigenvalue weighted by Crippen LogP contribution is -2.29. The van der Waals surface area contributed by atoms with Crippen molar-refractivity contribution < 1.29 is 9.53 Å². The number of nitrogens with zero attached hydrogens (tertiary/aromatic N) is 2. The molecule has 5 nitrogen and oxygen atoms in total. The Morgan fingerprint density at radius 1 is 1.15 bits per heavy atom. The molecule has 0 radical (unpaired) electrons. The number of ether oxygens (including phenoxy) is 1. The monoisotopic (exact) mass is 490 g/mol. The maximum Gasteiger partial charge on any atom is 0.263 e. The molecule has 0 fully saturated rings. The van der Waals surface area contributed by atoms with Crippen molar-refractivity contribution in [2.45, 2.75) is 44.7 Å². The molecule has 5 rings (SSSR count). The van der Waals surface area contributed by atoms with E-state index in [1.807, 2.05) is 60.7 Å². The fraction of sp³-hybridized carbons (Fsp3) is 0.296. The molecule has 0 unspecified atom stereocenters. The molecule has 2 aromatic carbocycles. The Labute approximate surface area is 206 Å². The summed E-state index contributed by atoms with van der Waals surface area (Å²) in [6, 6.07) is 19.1. The Hall–Kier alpha value is -2.74. The molecule has 34 heavy (non-hydrogen) atoms. The summed E-state index contributed by atoms with van der Waals surface area (Å²) < 4.78 is 7.77. The minimum atomic E-state index is -0.0366. The first kappa shape index (κ1) is 23.0. The summed E-state index contributed by atoms with van der Waals surface area (Å²) in [6.07, 6.45) is 0.832. The molecule has 7 heteroatoms. The summed E-state index contributed by atoms with van der Waals surface area (Å²) in [6.45, 7) is 5.23. The second-order valence-electron chi connectivity index (χ2n) is 8.83. The van der Waals surface area contributed by atoms with E-state index < -0.39 is 0 Å². The van der Waals surface area contributed by atoms with Crippen LogP contribution in [0.3, 0.4) is 0 Å². The van der Waals surface area contributed by atoms with Gasteiger partial charge in [0.2, 0.25) is 0 Å². The summed E-state index contributed by atoms with van der Waals surface area (Å²) >= 11 is 2.87. The van der Waals surface area contributed by atoms with Crippen molar-refractivity contribution in [2.75, 3.05) is 5.75 Å². The van der Waals surface area contributed by atoms with Gasteiger partial charge in [-0.25, -0.2) is 4.98 Å². The molecule has 0 spiro atoms. The van der Waals surface area contributed by atoms with Gasteiger partial charge in [0.05, 0.1) is 30.4 Å². The van der Waals surface area contributed by atoms with Gasteiger partial charge >= 0.3 is 0 Å². The summed E-state index contributed by atoms with van der Waals surface area (Å²) in [7, 11) is 0. The summed E-state index contributed by atoms with van der Waals surface area (Å²) in [4.78, 5) is 33.3. The van der Waals surface area contributed by atoms with Crippen LogP contribution in [0.4, 0.5) is 0 Å². The van der Waals surface area contributed by atoms with E-state index in [-0.39, 0.29) is 23.2 Å². The number of aromatic nitrogens is 2. The van der Waals surface area contributed by atoms with Gasteiger partial charge < -0.3 is 4.74 Å². The number of thiophene rings is 1. The smallest absolute Gasteiger partial charge is 0.263 e. The molecule has 0 aliphatic carbocycles. The van der Waals surface area contributed by atoms with Gasteiger partial charge in [0.15, 0.2) is 10.9 Å². The first-order chi connectivity index (χ1) is 16.5. The highest BCUT2D eigenvalue weighted by Gasteiger charge is 2.28. The largest absolute Gasteiger partial charge is 0.372 e. The number of hydrogen-bond donors (Lipinski definition) is 0. The SMILES string of the molecule is CC(C)[C@H]1Cc2c(sc3nc(SCC(=O)c4ccccc4)n(Cc4ccccc4)c(=O)c23)CO1. The maximum atomic E-state index is 13.9. The number of carbonyl (C=O) groups is 1. The highest BCUT2D eigenvalue weighted by molar-refractivity contribution is 7.99. The maximum absolute atomic E-state index is 13.9. The average Bonchev–Trinajstić information content (AvgIpc) is 3.23. The number of ketones is 1. The van der Waals surface area contributed by atoms with Crippen LogP contribution < -0.4 is 5.56 Å². The fourth-order valence-electron chi connectivity index (χ4n) is 4.22. The zero-order chi connectivity index (χ0) is 23.7. The van der Waals surface area contributed by atoms with E-state index in [1.165, 1.54) is 23.1 Å². The lowest BCUT2D eigenvalue weighted by molar-refractivity contribution is 0.00200.